The lowest BCUT2D eigenvalue weighted by atomic mass is 9.92. The Morgan fingerprint density at radius 2 is 2.09 bits per heavy atom. The van der Waals surface area contributed by atoms with Gasteiger partial charge < -0.3 is 25.0 Å². The summed E-state index contributed by atoms with van der Waals surface area (Å²) < 4.78 is 3.93. The molecule has 1 fully saturated rings. The Labute approximate surface area is 193 Å². The molecular weight excluding hydrogens is 420 g/mol. The fourth-order valence-electron chi connectivity index (χ4n) is 3.87. The van der Waals surface area contributed by atoms with Crippen LogP contribution in [0.4, 0.5) is 17.5 Å². The highest BCUT2D eigenvalue weighted by Gasteiger charge is 2.41. The van der Waals surface area contributed by atoms with Gasteiger partial charge in [0.2, 0.25) is 11.9 Å². The van der Waals surface area contributed by atoms with E-state index in [2.05, 4.69) is 46.0 Å². The highest BCUT2D eigenvalue weighted by atomic mass is 16.1. The molecule has 1 aliphatic rings. The Balaban J connectivity index is 1.61. The quantitative estimate of drug-likeness (QED) is 0.473. The van der Waals surface area contributed by atoms with E-state index in [0.29, 0.717) is 30.4 Å². The Bertz CT molecular complexity index is 1160. The van der Waals surface area contributed by atoms with Gasteiger partial charge in [0.25, 0.3) is 0 Å². The molecule has 0 unspecified atom stereocenters. The lowest BCUT2D eigenvalue weighted by Gasteiger charge is -2.48. The van der Waals surface area contributed by atoms with E-state index >= 15 is 0 Å². The van der Waals surface area contributed by atoms with Crippen LogP contribution in [0.2, 0.25) is 0 Å². The summed E-state index contributed by atoms with van der Waals surface area (Å²) in [5, 5.41) is 10.8. The third-order valence-corrected chi connectivity index (χ3v) is 5.61. The number of likely N-dealkylation sites (N-methyl/N-ethyl adjacent to an activating group) is 1. The lowest BCUT2D eigenvalue weighted by molar-refractivity contribution is -0.118. The molecule has 4 rings (SSSR count). The minimum Gasteiger partial charge on any atom is -0.344 e. The molecule has 1 amide bonds. The van der Waals surface area contributed by atoms with Gasteiger partial charge in [-0.3, -0.25) is 9.48 Å². The molecule has 0 aliphatic carbocycles. The maximum Gasteiger partial charge on any atom is 0.243 e. The van der Waals surface area contributed by atoms with Crippen molar-refractivity contribution in [1.82, 2.24) is 39.5 Å². The van der Waals surface area contributed by atoms with Crippen LogP contribution in [0.1, 0.15) is 26.8 Å². The Hall–Kier alpha value is -3.47. The zero-order chi connectivity index (χ0) is 23.8. The molecule has 3 aromatic rings. The summed E-state index contributed by atoms with van der Waals surface area (Å²) in [6.45, 7) is 12.6. The standard InChI is InChI=1S/C22H32N10O/c1-7-17(33)28-22(4)12-30(13-22)21-26-19(18-20(27-21)32(14-23-18)15(2)3)25-16-10-24-31(11-16)9-8-29(5)6/h7,10-11,14-15H,1,8-9,12-13H2,2-6H3,(H,28,33)(H,25,26,27). The van der Waals surface area contributed by atoms with Crippen molar-refractivity contribution in [2.24, 2.45) is 0 Å². The number of carbonyl (C=O) groups is 1. The highest BCUT2D eigenvalue weighted by molar-refractivity contribution is 5.88. The van der Waals surface area contributed by atoms with Crippen molar-refractivity contribution >= 4 is 34.5 Å². The molecule has 0 saturated carbocycles. The first-order chi connectivity index (χ1) is 15.7. The number of anilines is 3. The molecule has 4 heterocycles. The maximum absolute atomic E-state index is 11.8. The second-order valence-corrected chi connectivity index (χ2v) is 9.32. The molecule has 11 heteroatoms. The summed E-state index contributed by atoms with van der Waals surface area (Å²) >= 11 is 0. The van der Waals surface area contributed by atoms with Crippen LogP contribution < -0.4 is 15.5 Å². The molecule has 0 spiro atoms. The number of amides is 1. The summed E-state index contributed by atoms with van der Waals surface area (Å²) in [5.74, 6) is 1.04. The predicted molar refractivity (Wildman–Crippen MR) is 129 cm³/mol. The number of aromatic nitrogens is 6. The maximum atomic E-state index is 11.8. The SMILES string of the molecule is C=CC(=O)NC1(C)CN(c2nc(Nc3cnn(CCN(C)C)c3)c3ncn(C(C)C)c3n2)C1. The molecule has 0 radical (unpaired) electrons. The zero-order valence-electron chi connectivity index (χ0n) is 19.9. The summed E-state index contributed by atoms with van der Waals surface area (Å²) in [6, 6.07) is 0.202. The van der Waals surface area contributed by atoms with Crippen LogP contribution >= 0.6 is 0 Å². The largest absolute Gasteiger partial charge is 0.344 e. The third kappa shape index (κ3) is 4.82. The van der Waals surface area contributed by atoms with E-state index < -0.39 is 0 Å². The number of carbonyl (C=O) groups excluding carboxylic acids is 1. The molecule has 3 aromatic heterocycles. The molecule has 1 aliphatic heterocycles. The van der Waals surface area contributed by atoms with E-state index in [1.807, 2.05) is 41.4 Å². The number of fused-ring (bicyclic) bond motifs is 1. The predicted octanol–water partition coefficient (Wildman–Crippen LogP) is 1.79. The Kier molecular flexibility index (Phi) is 6.07. The van der Waals surface area contributed by atoms with Crippen molar-refractivity contribution in [1.29, 1.82) is 0 Å². The topological polar surface area (TPSA) is 109 Å². The van der Waals surface area contributed by atoms with Gasteiger partial charge in [0.05, 0.1) is 30.3 Å². The molecule has 0 bridgehead atoms. The van der Waals surface area contributed by atoms with Crippen molar-refractivity contribution in [2.45, 2.75) is 38.9 Å². The van der Waals surface area contributed by atoms with E-state index in [-0.39, 0.29) is 17.5 Å². The van der Waals surface area contributed by atoms with Crippen LogP contribution in [0.25, 0.3) is 11.2 Å². The van der Waals surface area contributed by atoms with E-state index in [1.54, 1.807) is 12.5 Å². The van der Waals surface area contributed by atoms with Crippen LogP contribution in [0.3, 0.4) is 0 Å². The average molecular weight is 453 g/mol. The first-order valence-electron chi connectivity index (χ1n) is 11.1. The minimum absolute atomic E-state index is 0.181. The van der Waals surface area contributed by atoms with E-state index in [1.165, 1.54) is 6.08 Å². The van der Waals surface area contributed by atoms with Crippen molar-refractivity contribution in [2.75, 3.05) is 43.9 Å². The molecule has 176 valence electrons. The number of hydrogen-bond donors (Lipinski definition) is 2. The molecule has 11 nitrogen and oxygen atoms in total. The number of imidazole rings is 1. The third-order valence-electron chi connectivity index (χ3n) is 5.61. The molecule has 0 atom stereocenters. The van der Waals surface area contributed by atoms with Crippen LogP contribution in [-0.4, -0.2) is 79.4 Å². The lowest BCUT2D eigenvalue weighted by Crippen LogP contribution is -2.69. The Morgan fingerprint density at radius 1 is 1.33 bits per heavy atom. The van der Waals surface area contributed by atoms with Crippen LogP contribution in [-0.2, 0) is 11.3 Å². The van der Waals surface area contributed by atoms with Crippen molar-refractivity contribution in [3.05, 3.63) is 31.4 Å². The molecule has 1 saturated heterocycles. The number of nitrogens with one attached hydrogen (secondary N) is 2. The zero-order valence-corrected chi connectivity index (χ0v) is 19.9. The first kappa shape index (κ1) is 22.7. The fourth-order valence-corrected chi connectivity index (χ4v) is 3.87. The number of rotatable bonds is 9. The number of nitrogens with zero attached hydrogens (tertiary/aromatic N) is 8. The van der Waals surface area contributed by atoms with Gasteiger partial charge in [-0.1, -0.05) is 6.58 Å². The normalized spacial score (nSPS) is 15.2. The van der Waals surface area contributed by atoms with Gasteiger partial charge in [0, 0.05) is 31.9 Å². The van der Waals surface area contributed by atoms with Gasteiger partial charge in [0.15, 0.2) is 17.0 Å². The average Bonchev–Trinajstić information content (AvgIpc) is 3.37. The van der Waals surface area contributed by atoms with E-state index in [4.69, 9.17) is 9.97 Å². The van der Waals surface area contributed by atoms with Crippen LogP contribution in [0, 0.1) is 0 Å². The molecule has 0 aromatic carbocycles. The van der Waals surface area contributed by atoms with Gasteiger partial charge in [0.1, 0.15) is 0 Å². The monoisotopic (exact) mass is 452 g/mol. The number of hydrogen-bond acceptors (Lipinski definition) is 8. The van der Waals surface area contributed by atoms with E-state index in [9.17, 15) is 4.79 Å². The van der Waals surface area contributed by atoms with Crippen molar-refractivity contribution < 1.29 is 4.79 Å². The highest BCUT2D eigenvalue weighted by Crippen LogP contribution is 2.31. The van der Waals surface area contributed by atoms with Gasteiger partial charge in [-0.15, -0.1) is 0 Å². The van der Waals surface area contributed by atoms with Crippen molar-refractivity contribution in [3.8, 4) is 0 Å². The molecule has 2 N–H and O–H groups in total. The van der Waals surface area contributed by atoms with Gasteiger partial charge in [-0.2, -0.15) is 15.1 Å². The Morgan fingerprint density at radius 3 is 2.76 bits per heavy atom. The first-order valence-corrected chi connectivity index (χ1v) is 11.1. The minimum atomic E-state index is -0.344. The summed E-state index contributed by atoms with van der Waals surface area (Å²) in [7, 11) is 4.08. The van der Waals surface area contributed by atoms with Gasteiger partial charge in [-0.25, -0.2) is 4.98 Å². The van der Waals surface area contributed by atoms with Crippen molar-refractivity contribution in [3.63, 3.8) is 0 Å². The fraction of sp³-hybridized carbons (Fsp3) is 0.500. The molecular formula is C22H32N10O. The van der Waals surface area contributed by atoms with Crippen LogP contribution in [0.5, 0.6) is 0 Å². The van der Waals surface area contributed by atoms with E-state index in [0.717, 1.165) is 24.4 Å². The summed E-state index contributed by atoms with van der Waals surface area (Å²) in [6.07, 6.45) is 6.83. The summed E-state index contributed by atoms with van der Waals surface area (Å²) in [4.78, 5) is 30.1. The second kappa shape index (κ2) is 8.81. The second-order valence-electron chi connectivity index (χ2n) is 9.32. The summed E-state index contributed by atoms with van der Waals surface area (Å²) in [5.41, 5.74) is 1.96. The molecule has 33 heavy (non-hydrogen) atoms. The smallest absolute Gasteiger partial charge is 0.243 e. The van der Waals surface area contributed by atoms with Gasteiger partial charge in [-0.05, 0) is 40.9 Å². The van der Waals surface area contributed by atoms with Crippen LogP contribution in [0.15, 0.2) is 31.4 Å². The van der Waals surface area contributed by atoms with Gasteiger partial charge >= 0.3 is 0 Å².